The molecule has 0 bridgehead atoms. The summed E-state index contributed by atoms with van der Waals surface area (Å²) in [6, 6.07) is 4.72. The van der Waals surface area contributed by atoms with E-state index < -0.39 is 34.8 Å². The van der Waals surface area contributed by atoms with Crippen LogP contribution in [0.15, 0.2) is 36.5 Å². The first-order chi connectivity index (χ1) is 12.9. The maximum absolute atomic E-state index is 13.8. The zero-order valence-electron chi connectivity index (χ0n) is 15.1. The molecule has 0 atom stereocenters. The summed E-state index contributed by atoms with van der Waals surface area (Å²) in [5.74, 6) is -0.875. The van der Waals surface area contributed by atoms with Gasteiger partial charge in [0.25, 0.3) is 0 Å². The van der Waals surface area contributed by atoms with Crippen molar-refractivity contribution in [1.29, 1.82) is 0 Å². The van der Waals surface area contributed by atoms with Crippen LogP contribution in [-0.2, 0) is 10.9 Å². The van der Waals surface area contributed by atoms with Gasteiger partial charge in [-0.05, 0) is 45.0 Å². The Kier molecular flexibility index (Phi) is 4.87. The molecule has 28 heavy (non-hydrogen) atoms. The molecule has 0 saturated carbocycles. The van der Waals surface area contributed by atoms with Gasteiger partial charge < -0.3 is 4.74 Å². The van der Waals surface area contributed by atoms with Gasteiger partial charge in [0.2, 0.25) is 0 Å². The number of rotatable bonds is 1. The maximum Gasteiger partial charge on any atom is 0.419 e. The summed E-state index contributed by atoms with van der Waals surface area (Å²) >= 11 is 5.90. The van der Waals surface area contributed by atoms with Gasteiger partial charge in [-0.15, -0.1) is 0 Å². The van der Waals surface area contributed by atoms with Crippen LogP contribution in [0.25, 0.3) is 22.2 Å². The van der Waals surface area contributed by atoms with Crippen LogP contribution in [0, 0.1) is 5.82 Å². The first-order valence-electron chi connectivity index (χ1n) is 8.14. The topological polar surface area (TPSA) is 44.1 Å². The van der Waals surface area contributed by atoms with Crippen LogP contribution in [0.5, 0.6) is 0 Å². The van der Waals surface area contributed by atoms with Gasteiger partial charge in [0.1, 0.15) is 16.6 Å². The lowest BCUT2D eigenvalue weighted by Gasteiger charge is -2.21. The molecule has 0 radical (unpaired) electrons. The highest BCUT2D eigenvalue weighted by atomic mass is 35.5. The fourth-order valence-electron chi connectivity index (χ4n) is 2.76. The number of carbonyl (C=O) groups is 1. The first-order valence-corrected chi connectivity index (χ1v) is 8.52. The zero-order valence-corrected chi connectivity index (χ0v) is 15.8. The van der Waals surface area contributed by atoms with Crippen LogP contribution < -0.4 is 0 Å². The summed E-state index contributed by atoms with van der Waals surface area (Å²) in [5.41, 5.74) is -2.47. The van der Waals surface area contributed by atoms with Gasteiger partial charge in [0.05, 0.1) is 16.8 Å². The summed E-state index contributed by atoms with van der Waals surface area (Å²) < 4.78 is 60.6. The summed E-state index contributed by atoms with van der Waals surface area (Å²) in [4.78, 5) is 16.7. The van der Waals surface area contributed by atoms with E-state index in [0.29, 0.717) is 17.5 Å². The van der Waals surface area contributed by atoms with Gasteiger partial charge in [0, 0.05) is 23.2 Å². The monoisotopic (exact) mass is 414 g/mol. The average Bonchev–Trinajstić information content (AvgIpc) is 2.90. The quantitative estimate of drug-likeness (QED) is 0.347. The molecule has 0 unspecified atom stereocenters. The summed E-state index contributed by atoms with van der Waals surface area (Å²) in [5, 5.41) is 0.389. The molecular formula is C19H15ClF4N2O2. The number of aromatic nitrogens is 2. The van der Waals surface area contributed by atoms with Gasteiger partial charge in [-0.1, -0.05) is 11.6 Å². The lowest BCUT2D eigenvalue weighted by Crippen LogP contribution is -2.27. The number of nitrogens with zero attached hydrogens (tertiary/aromatic N) is 2. The molecule has 2 aromatic heterocycles. The minimum atomic E-state index is -4.76. The van der Waals surface area contributed by atoms with Crippen LogP contribution in [-0.4, -0.2) is 21.2 Å². The van der Waals surface area contributed by atoms with Crippen molar-refractivity contribution in [2.75, 3.05) is 0 Å². The largest absolute Gasteiger partial charge is 0.443 e. The van der Waals surface area contributed by atoms with Crippen molar-refractivity contribution in [2.45, 2.75) is 32.5 Å². The Hall–Kier alpha value is -2.61. The minimum absolute atomic E-state index is 0.0391. The van der Waals surface area contributed by atoms with E-state index in [-0.39, 0.29) is 16.4 Å². The predicted octanol–water partition coefficient (Wildman–Crippen LogP) is 6.30. The van der Waals surface area contributed by atoms with Crippen molar-refractivity contribution in [1.82, 2.24) is 9.55 Å². The normalized spacial score (nSPS) is 12.4. The molecule has 0 spiro atoms. The van der Waals surface area contributed by atoms with E-state index in [9.17, 15) is 22.4 Å². The van der Waals surface area contributed by atoms with E-state index in [0.717, 1.165) is 10.6 Å². The number of fused-ring (bicyclic) bond motifs is 1. The van der Waals surface area contributed by atoms with Gasteiger partial charge in [-0.25, -0.2) is 18.7 Å². The van der Waals surface area contributed by atoms with Crippen LogP contribution >= 0.6 is 11.6 Å². The lowest BCUT2D eigenvalue weighted by molar-refractivity contribution is -0.137. The van der Waals surface area contributed by atoms with Crippen molar-refractivity contribution >= 4 is 28.6 Å². The summed E-state index contributed by atoms with van der Waals surface area (Å²) in [6.45, 7) is 4.86. The third-order valence-corrected chi connectivity index (χ3v) is 4.00. The number of hydrogen-bond acceptors (Lipinski definition) is 3. The molecule has 0 saturated heterocycles. The number of halogens is 5. The second-order valence-electron chi connectivity index (χ2n) is 7.10. The standard InChI is InChI=1S/C19H15ClF4N2O2/c1-18(2,3)28-17(27)26-14-8-16(20)25-9-10(14)6-15(26)12-7-11(21)4-5-13(12)19(22,23)24/h4-9H,1-3H3. The number of benzene rings is 1. The maximum atomic E-state index is 13.8. The molecule has 2 heterocycles. The molecular weight excluding hydrogens is 400 g/mol. The van der Waals surface area contributed by atoms with Crippen molar-refractivity contribution in [3.8, 4) is 11.3 Å². The molecule has 4 nitrogen and oxygen atoms in total. The van der Waals surface area contributed by atoms with Crippen molar-refractivity contribution in [3.05, 3.63) is 53.1 Å². The van der Waals surface area contributed by atoms with E-state index in [4.69, 9.17) is 16.3 Å². The Labute approximate surface area is 162 Å². The fraction of sp³-hybridized carbons (Fsp3) is 0.263. The van der Waals surface area contributed by atoms with Crippen LogP contribution in [0.2, 0.25) is 5.15 Å². The molecule has 0 amide bonds. The molecule has 148 valence electrons. The number of hydrogen-bond donors (Lipinski definition) is 0. The number of carbonyl (C=O) groups excluding carboxylic acids is 1. The number of alkyl halides is 3. The summed E-state index contributed by atoms with van der Waals surface area (Å²) in [7, 11) is 0. The van der Waals surface area contributed by atoms with Gasteiger partial charge in [0.15, 0.2) is 0 Å². The smallest absolute Gasteiger partial charge is 0.419 e. The molecule has 9 heteroatoms. The molecule has 0 aliphatic rings. The lowest BCUT2D eigenvalue weighted by atomic mass is 10.0. The Bertz CT molecular complexity index is 1070. The predicted molar refractivity (Wildman–Crippen MR) is 96.8 cm³/mol. The Balaban J connectivity index is 2.35. The second kappa shape index (κ2) is 6.77. The molecule has 0 N–H and O–H groups in total. The molecule has 0 aliphatic carbocycles. The Morgan fingerprint density at radius 2 is 1.82 bits per heavy atom. The fourth-order valence-corrected chi connectivity index (χ4v) is 2.91. The van der Waals surface area contributed by atoms with Crippen LogP contribution in [0.4, 0.5) is 22.4 Å². The molecule has 1 aromatic carbocycles. The van der Waals surface area contributed by atoms with E-state index in [1.54, 1.807) is 20.8 Å². The third kappa shape index (κ3) is 3.96. The molecule has 3 rings (SSSR count). The number of ether oxygens (including phenoxy) is 1. The van der Waals surface area contributed by atoms with Crippen molar-refractivity contribution in [2.24, 2.45) is 0 Å². The van der Waals surface area contributed by atoms with Gasteiger partial charge >= 0.3 is 12.3 Å². The average molecular weight is 415 g/mol. The Morgan fingerprint density at radius 1 is 1.14 bits per heavy atom. The van der Waals surface area contributed by atoms with Crippen molar-refractivity contribution in [3.63, 3.8) is 0 Å². The molecule has 3 aromatic rings. The second-order valence-corrected chi connectivity index (χ2v) is 7.49. The number of pyridine rings is 1. The zero-order chi connectivity index (χ0) is 20.9. The Morgan fingerprint density at radius 3 is 2.43 bits per heavy atom. The van der Waals surface area contributed by atoms with Crippen LogP contribution in [0.1, 0.15) is 26.3 Å². The third-order valence-electron chi connectivity index (χ3n) is 3.79. The minimum Gasteiger partial charge on any atom is -0.443 e. The van der Waals surface area contributed by atoms with Crippen LogP contribution in [0.3, 0.4) is 0 Å². The van der Waals surface area contributed by atoms with E-state index >= 15 is 0 Å². The molecule has 0 fully saturated rings. The summed E-state index contributed by atoms with van der Waals surface area (Å²) in [6.07, 6.45) is -4.36. The first kappa shape index (κ1) is 20.1. The van der Waals surface area contributed by atoms with Gasteiger partial charge in [-0.2, -0.15) is 13.2 Å². The molecule has 0 aliphatic heterocycles. The highest BCUT2D eigenvalue weighted by Gasteiger charge is 2.35. The SMILES string of the molecule is CC(C)(C)OC(=O)n1c(-c2cc(F)ccc2C(F)(F)F)cc2cnc(Cl)cc21. The van der Waals surface area contributed by atoms with Gasteiger partial charge in [-0.3, -0.25) is 0 Å². The van der Waals surface area contributed by atoms with E-state index in [1.165, 1.54) is 18.3 Å². The van der Waals surface area contributed by atoms with E-state index in [1.807, 2.05) is 0 Å². The highest BCUT2D eigenvalue weighted by Crippen LogP contribution is 2.39. The highest BCUT2D eigenvalue weighted by molar-refractivity contribution is 6.30. The van der Waals surface area contributed by atoms with Crippen molar-refractivity contribution < 1.29 is 27.1 Å². The van der Waals surface area contributed by atoms with E-state index in [2.05, 4.69) is 4.98 Å².